The van der Waals surface area contributed by atoms with Crippen LogP contribution in [-0.4, -0.2) is 71.5 Å². The van der Waals surface area contributed by atoms with Crippen LogP contribution in [0.5, 0.6) is 0 Å². The molecule has 0 unspecified atom stereocenters. The fraction of sp³-hybridized carbons (Fsp3) is 0.750. The predicted octanol–water partition coefficient (Wildman–Crippen LogP) is -1.68. The molecule has 7 heteroatoms. The summed E-state index contributed by atoms with van der Waals surface area (Å²) in [7, 11) is 0. The van der Waals surface area contributed by atoms with Crippen molar-refractivity contribution in [1.82, 2.24) is 15.1 Å². The Morgan fingerprint density at radius 3 is 2.58 bits per heavy atom. The Labute approximate surface area is 111 Å². The molecule has 7 nitrogen and oxygen atoms in total. The van der Waals surface area contributed by atoms with Crippen molar-refractivity contribution in [3.8, 4) is 0 Å². The van der Waals surface area contributed by atoms with Gasteiger partial charge in [-0.15, -0.1) is 0 Å². The molecule has 0 saturated carbocycles. The van der Waals surface area contributed by atoms with Gasteiger partial charge >= 0.3 is 0 Å². The summed E-state index contributed by atoms with van der Waals surface area (Å²) >= 11 is 0. The lowest BCUT2D eigenvalue weighted by Gasteiger charge is -2.16. The van der Waals surface area contributed by atoms with Crippen molar-refractivity contribution in [1.29, 1.82) is 0 Å². The number of amides is 3. The Hall–Kier alpha value is -1.47. The first kappa shape index (κ1) is 14.0. The number of aliphatic hydroxyl groups excluding tert-OH is 1. The molecule has 0 radical (unpaired) electrons. The average Bonchev–Trinajstić information content (AvgIpc) is 2.89. The van der Waals surface area contributed by atoms with E-state index in [1.165, 1.54) is 4.90 Å². The van der Waals surface area contributed by atoms with Crippen LogP contribution in [0.4, 0.5) is 0 Å². The molecular formula is C12H19N3O4. The third-order valence-electron chi connectivity index (χ3n) is 3.40. The summed E-state index contributed by atoms with van der Waals surface area (Å²) in [5.74, 6) is -0.865. The van der Waals surface area contributed by atoms with Gasteiger partial charge in [0.05, 0.1) is 19.2 Å². The second kappa shape index (κ2) is 6.12. The Bertz CT molecular complexity index is 385. The number of rotatable bonds is 4. The average molecular weight is 269 g/mol. The molecule has 19 heavy (non-hydrogen) atoms. The molecule has 2 aliphatic heterocycles. The SMILES string of the molecule is O=C(CN1CC[C@@H](O)C1)NC(=O)CN1CCCC1=O. The van der Waals surface area contributed by atoms with Gasteiger partial charge in [0.15, 0.2) is 0 Å². The van der Waals surface area contributed by atoms with Gasteiger partial charge in [-0.1, -0.05) is 0 Å². The molecule has 0 aromatic heterocycles. The first-order chi connectivity index (χ1) is 9.04. The summed E-state index contributed by atoms with van der Waals surface area (Å²) in [6.07, 6.45) is 1.52. The predicted molar refractivity (Wildman–Crippen MR) is 66.0 cm³/mol. The Balaban J connectivity index is 1.69. The molecule has 2 rings (SSSR count). The first-order valence-corrected chi connectivity index (χ1v) is 6.55. The van der Waals surface area contributed by atoms with Gasteiger partial charge in [0, 0.05) is 26.1 Å². The van der Waals surface area contributed by atoms with Crippen LogP contribution in [0.15, 0.2) is 0 Å². The number of hydrogen-bond acceptors (Lipinski definition) is 5. The second-order valence-corrected chi connectivity index (χ2v) is 5.07. The van der Waals surface area contributed by atoms with Crippen LogP contribution < -0.4 is 5.32 Å². The van der Waals surface area contributed by atoms with Crippen molar-refractivity contribution in [3.63, 3.8) is 0 Å². The largest absolute Gasteiger partial charge is 0.392 e. The van der Waals surface area contributed by atoms with Gasteiger partial charge in [-0.05, 0) is 12.8 Å². The Kier molecular flexibility index (Phi) is 4.49. The molecule has 0 aromatic rings. The van der Waals surface area contributed by atoms with E-state index in [0.717, 1.165) is 6.42 Å². The molecular weight excluding hydrogens is 250 g/mol. The third kappa shape index (κ3) is 4.00. The van der Waals surface area contributed by atoms with E-state index in [4.69, 9.17) is 0 Å². The minimum Gasteiger partial charge on any atom is -0.392 e. The van der Waals surface area contributed by atoms with Crippen molar-refractivity contribution in [3.05, 3.63) is 0 Å². The summed E-state index contributed by atoms with van der Waals surface area (Å²) in [4.78, 5) is 37.8. The molecule has 0 bridgehead atoms. The molecule has 2 N–H and O–H groups in total. The van der Waals surface area contributed by atoms with E-state index in [1.54, 1.807) is 4.90 Å². The van der Waals surface area contributed by atoms with Crippen molar-refractivity contribution in [2.24, 2.45) is 0 Å². The highest BCUT2D eigenvalue weighted by Crippen LogP contribution is 2.09. The monoisotopic (exact) mass is 269 g/mol. The lowest BCUT2D eigenvalue weighted by Crippen LogP contribution is -2.44. The molecule has 0 spiro atoms. The summed E-state index contributed by atoms with van der Waals surface area (Å²) in [5, 5.41) is 11.6. The molecule has 2 heterocycles. The molecule has 106 valence electrons. The highest BCUT2D eigenvalue weighted by Gasteiger charge is 2.25. The van der Waals surface area contributed by atoms with Crippen LogP contribution >= 0.6 is 0 Å². The van der Waals surface area contributed by atoms with Gasteiger partial charge < -0.3 is 10.0 Å². The van der Waals surface area contributed by atoms with Gasteiger partial charge in [0.25, 0.3) is 0 Å². The fourth-order valence-electron chi connectivity index (χ4n) is 2.44. The third-order valence-corrected chi connectivity index (χ3v) is 3.40. The number of nitrogens with one attached hydrogen (secondary N) is 1. The second-order valence-electron chi connectivity index (χ2n) is 5.07. The quantitative estimate of drug-likeness (QED) is 0.636. The maximum Gasteiger partial charge on any atom is 0.246 e. The number of imide groups is 1. The Morgan fingerprint density at radius 1 is 1.26 bits per heavy atom. The van der Waals surface area contributed by atoms with Crippen LogP contribution in [0.25, 0.3) is 0 Å². The number of carbonyl (C=O) groups excluding carboxylic acids is 3. The zero-order chi connectivity index (χ0) is 13.8. The van der Waals surface area contributed by atoms with E-state index in [2.05, 4.69) is 5.32 Å². The number of carbonyl (C=O) groups is 3. The van der Waals surface area contributed by atoms with Crippen molar-refractivity contribution >= 4 is 17.7 Å². The van der Waals surface area contributed by atoms with Gasteiger partial charge in [0.2, 0.25) is 17.7 Å². The van der Waals surface area contributed by atoms with Gasteiger partial charge in [0.1, 0.15) is 0 Å². The van der Waals surface area contributed by atoms with Crippen LogP contribution in [0.3, 0.4) is 0 Å². The number of nitrogens with zero attached hydrogens (tertiary/aromatic N) is 2. The topological polar surface area (TPSA) is 90.0 Å². The van der Waals surface area contributed by atoms with Gasteiger partial charge in [-0.25, -0.2) is 0 Å². The number of hydrogen-bond donors (Lipinski definition) is 2. The molecule has 2 saturated heterocycles. The molecule has 3 amide bonds. The summed E-state index contributed by atoms with van der Waals surface area (Å²) in [6, 6.07) is 0. The number of likely N-dealkylation sites (tertiary alicyclic amines) is 2. The van der Waals surface area contributed by atoms with Crippen molar-refractivity contribution < 1.29 is 19.5 Å². The van der Waals surface area contributed by atoms with Crippen molar-refractivity contribution in [2.75, 3.05) is 32.7 Å². The smallest absolute Gasteiger partial charge is 0.246 e. The van der Waals surface area contributed by atoms with E-state index in [0.29, 0.717) is 32.5 Å². The standard InChI is InChI=1S/C12H19N3O4/c16-9-3-5-14(6-9)7-10(17)13-11(18)8-15-4-1-2-12(15)19/h9,16H,1-8H2,(H,13,17,18)/t9-/m1/s1. The molecule has 2 fully saturated rings. The number of aliphatic hydroxyl groups is 1. The van der Waals surface area contributed by atoms with Gasteiger partial charge in [-0.3, -0.25) is 24.6 Å². The zero-order valence-electron chi connectivity index (χ0n) is 10.8. The molecule has 0 aromatic carbocycles. The van der Waals surface area contributed by atoms with E-state index < -0.39 is 5.91 Å². The maximum atomic E-state index is 11.6. The summed E-state index contributed by atoms with van der Waals surface area (Å²) < 4.78 is 0. The highest BCUT2D eigenvalue weighted by atomic mass is 16.3. The van der Waals surface area contributed by atoms with E-state index in [-0.39, 0.29) is 31.0 Å². The van der Waals surface area contributed by atoms with E-state index in [9.17, 15) is 19.5 Å². The van der Waals surface area contributed by atoms with E-state index in [1.807, 2.05) is 0 Å². The van der Waals surface area contributed by atoms with Crippen LogP contribution in [0, 0.1) is 0 Å². The summed E-state index contributed by atoms with van der Waals surface area (Å²) in [5.41, 5.74) is 0. The first-order valence-electron chi connectivity index (χ1n) is 6.55. The molecule has 0 aliphatic carbocycles. The Morgan fingerprint density at radius 2 is 2.00 bits per heavy atom. The normalized spacial score (nSPS) is 23.9. The molecule has 1 atom stereocenters. The lowest BCUT2D eigenvalue weighted by molar-refractivity contribution is -0.136. The zero-order valence-corrected chi connectivity index (χ0v) is 10.8. The minimum absolute atomic E-state index is 0.0368. The fourth-order valence-corrected chi connectivity index (χ4v) is 2.44. The van der Waals surface area contributed by atoms with Crippen LogP contribution in [-0.2, 0) is 14.4 Å². The maximum absolute atomic E-state index is 11.6. The van der Waals surface area contributed by atoms with Crippen LogP contribution in [0.2, 0.25) is 0 Å². The lowest BCUT2D eigenvalue weighted by atomic mass is 10.3. The van der Waals surface area contributed by atoms with E-state index >= 15 is 0 Å². The van der Waals surface area contributed by atoms with Crippen molar-refractivity contribution in [2.45, 2.75) is 25.4 Å². The minimum atomic E-state index is -0.444. The van der Waals surface area contributed by atoms with Gasteiger partial charge in [-0.2, -0.15) is 0 Å². The number of β-amino-alcohol motifs (C(OH)–C–C–N with tert-alkyl or cyclic N) is 1. The highest BCUT2D eigenvalue weighted by molar-refractivity contribution is 5.98. The summed E-state index contributed by atoms with van der Waals surface area (Å²) in [6.45, 7) is 1.77. The van der Waals surface area contributed by atoms with Crippen LogP contribution in [0.1, 0.15) is 19.3 Å². The molecule has 2 aliphatic rings.